The molecule has 0 saturated carbocycles. The van der Waals surface area contributed by atoms with E-state index in [0.717, 1.165) is 4.43 Å². The first kappa shape index (κ1) is 9.94. The van der Waals surface area contributed by atoms with Gasteiger partial charge in [-0.05, 0) is 13.3 Å². The average molecular weight is 254 g/mol. The predicted octanol–water partition coefficient (Wildman–Crippen LogP) is 2.09. The molecule has 0 aromatic heterocycles. The maximum absolute atomic E-state index is 10.8. The number of aliphatic hydroxyl groups is 1. The maximum atomic E-state index is 10.8. The summed E-state index contributed by atoms with van der Waals surface area (Å²) in [4.78, 5) is 10.8. The van der Waals surface area contributed by atoms with Crippen LogP contribution in [0.1, 0.15) is 13.3 Å². The van der Waals surface area contributed by atoms with E-state index in [1.165, 1.54) is 6.92 Å². The molecule has 1 unspecified atom stereocenters. The van der Waals surface area contributed by atoms with Gasteiger partial charge in [-0.2, -0.15) is 0 Å². The molecule has 0 aliphatic heterocycles. The third-order valence-electron chi connectivity index (χ3n) is 1.29. The van der Waals surface area contributed by atoms with Crippen LogP contribution >= 0.6 is 22.6 Å². The van der Waals surface area contributed by atoms with Crippen LogP contribution in [0.5, 0.6) is 0 Å². The van der Waals surface area contributed by atoms with Crippen LogP contribution < -0.4 is 0 Å². The number of alkyl halides is 1. The summed E-state index contributed by atoms with van der Waals surface area (Å²) in [5, 5.41) is 8.90. The van der Waals surface area contributed by atoms with E-state index in [-0.39, 0.29) is 17.5 Å². The number of rotatable bonds is 4. The highest BCUT2D eigenvalue weighted by Gasteiger charge is 2.15. The van der Waals surface area contributed by atoms with Gasteiger partial charge < -0.3 is 5.11 Å². The van der Waals surface area contributed by atoms with Gasteiger partial charge in [0.1, 0.15) is 5.78 Å². The molecule has 0 rings (SSSR count). The van der Waals surface area contributed by atoms with Crippen molar-refractivity contribution in [2.75, 3.05) is 4.43 Å². The molecule has 0 saturated heterocycles. The third kappa shape index (κ3) is 3.20. The van der Waals surface area contributed by atoms with Crippen molar-refractivity contribution in [2.24, 2.45) is 5.92 Å². The van der Waals surface area contributed by atoms with Gasteiger partial charge in [0.25, 0.3) is 0 Å². The Morgan fingerprint density at radius 3 is 2.40 bits per heavy atom. The molecule has 0 radical (unpaired) electrons. The highest BCUT2D eigenvalue weighted by atomic mass is 127. The van der Waals surface area contributed by atoms with Gasteiger partial charge in [-0.15, -0.1) is 0 Å². The van der Waals surface area contributed by atoms with Crippen LogP contribution in [0.3, 0.4) is 0 Å². The Morgan fingerprint density at radius 1 is 1.80 bits per heavy atom. The number of allylic oxidation sites excluding steroid dienone is 1. The van der Waals surface area contributed by atoms with E-state index in [1.807, 2.05) is 0 Å². The molecule has 58 valence electrons. The van der Waals surface area contributed by atoms with E-state index < -0.39 is 0 Å². The van der Waals surface area contributed by atoms with Crippen molar-refractivity contribution in [2.45, 2.75) is 13.3 Å². The van der Waals surface area contributed by atoms with Gasteiger partial charge in [-0.1, -0.05) is 29.2 Å². The van der Waals surface area contributed by atoms with Crippen LogP contribution in [0.15, 0.2) is 12.3 Å². The zero-order valence-electron chi connectivity index (χ0n) is 5.93. The van der Waals surface area contributed by atoms with E-state index in [4.69, 9.17) is 5.11 Å². The Labute approximate surface area is 74.5 Å². The zero-order valence-corrected chi connectivity index (χ0v) is 8.09. The molecule has 1 atom stereocenters. The monoisotopic (exact) mass is 254 g/mol. The van der Waals surface area contributed by atoms with Crippen molar-refractivity contribution >= 4 is 28.4 Å². The Kier molecular flexibility index (Phi) is 4.68. The average Bonchev–Trinajstić information content (AvgIpc) is 1.81. The summed E-state index contributed by atoms with van der Waals surface area (Å²) >= 11 is 2.16. The van der Waals surface area contributed by atoms with E-state index in [2.05, 4.69) is 29.2 Å². The molecular formula is C7H11IO2. The van der Waals surface area contributed by atoms with Gasteiger partial charge >= 0.3 is 0 Å². The van der Waals surface area contributed by atoms with Crippen LogP contribution in [-0.4, -0.2) is 15.3 Å². The fraction of sp³-hybridized carbons (Fsp3) is 0.571. The van der Waals surface area contributed by atoms with Gasteiger partial charge in [0.15, 0.2) is 0 Å². The lowest BCUT2D eigenvalue weighted by Gasteiger charge is -2.08. The molecule has 0 aromatic rings. The van der Waals surface area contributed by atoms with Gasteiger partial charge in [0.2, 0.25) is 0 Å². The predicted molar refractivity (Wildman–Crippen MR) is 49.4 cm³/mol. The lowest BCUT2D eigenvalue weighted by molar-refractivity contribution is -0.120. The van der Waals surface area contributed by atoms with E-state index in [9.17, 15) is 4.79 Å². The number of carbonyl (C=O) groups excluding carboxylic acids is 1. The smallest absolute Gasteiger partial charge is 0.140 e. The first-order chi connectivity index (χ1) is 4.59. The summed E-state index contributed by atoms with van der Waals surface area (Å²) in [5.74, 6) is -0.370. The van der Waals surface area contributed by atoms with Gasteiger partial charge in [0, 0.05) is 4.43 Å². The SMILES string of the molecule is C=C(O)C(CCI)C(C)=O. The van der Waals surface area contributed by atoms with Gasteiger partial charge in [0.05, 0.1) is 11.7 Å². The number of carbonyl (C=O) groups is 1. The molecule has 0 spiro atoms. The van der Waals surface area contributed by atoms with Crippen molar-refractivity contribution in [1.29, 1.82) is 0 Å². The minimum absolute atomic E-state index is 0.0100. The van der Waals surface area contributed by atoms with Crippen LogP contribution in [0.2, 0.25) is 0 Å². The van der Waals surface area contributed by atoms with E-state index in [0.29, 0.717) is 6.42 Å². The largest absolute Gasteiger partial charge is 0.512 e. The molecular weight excluding hydrogens is 243 g/mol. The second-order valence-electron chi connectivity index (χ2n) is 2.13. The fourth-order valence-electron chi connectivity index (χ4n) is 0.714. The summed E-state index contributed by atoms with van der Waals surface area (Å²) in [6, 6.07) is 0. The Bertz CT molecular complexity index is 129. The maximum Gasteiger partial charge on any atom is 0.140 e. The van der Waals surface area contributed by atoms with Gasteiger partial charge in [-0.25, -0.2) is 0 Å². The molecule has 2 nitrogen and oxygen atoms in total. The number of ketones is 1. The minimum atomic E-state index is -0.350. The first-order valence-electron chi connectivity index (χ1n) is 3.03. The van der Waals surface area contributed by atoms with Crippen LogP contribution in [-0.2, 0) is 4.79 Å². The zero-order chi connectivity index (χ0) is 8.15. The number of Topliss-reactive ketones (excluding diaryl/α,β-unsaturated/α-hetero) is 1. The van der Waals surface area contributed by atoms with Crippen molar-refractivity contribution in [3.63, 3.8) is 0 Å². The normalized spacial score (nSPS) is 12.6. The summed E-state index contributed by atoms with van der Waals surface area (Å²) < 4.78 is 0.863. The topological polar surface area (TPSA) is 37.3 Å². The fourth-order valence-corrected chi connectivity index (χ4v) is 1.34. The highest BCUT2D eigenvalue weighted by Crippen LogP contribution is 2.13. The molecule has 0 aliphatic rings. The van der Waals surface area contributed by atoms with E-state index >= 15 is 0 Å². The van der Waals surface area contributed by atoms with E-state index in [1.54, 1.807) is 0 Å². The second-order valence-corrected chi connectivity index (χ2v) is 3.21. The van der Waals surface area contributed by atoms with Crippen molar-refractivity contribution in [1.82, 2.24) is 0 Å². The number of hydrogen-bond acceptors (Lipinski definition) is 2. The Balaban J connectivity index is 3.98. The number of hydrogen-bond donors (Lipinski definition) is 1. The quantitative estimate of drug-likeness (QED) is 0.474. The van der Waals surface area contributed by atoms with Gasteiger partial charge in [-0.3, -0.25) is 4.79 Å². The third-order valence-corrected chi connectivity index (χ3v) is 1.91. The molecule has 0 bridgehead atoms. The lowest BCUT2D eigenvalue weighted by Crippen LogP contribution is -2.13. The standard InChI is InChI=1S/C7H11IO2/c1-5(9)7(3-4-8)6(2)10/h7,9H,1,3-4H2,2H3. The second kappa shape index (κ2) is 4.71. The lowest BCUT2D eigenvalue weighted by atomic mass is 10.0. The first-order valence-corrected chi connectivity index (χ1v) is 4.56. The molecule has 1 N–H and O–H groups in total. The minimum Gasteiger partial charge on any atom is -0.512 e. The summed E-state index contributed by atoms with van der Waals surface area (Å²) in [5.41, 5.74) is 0. The number of halogens is 1. The summed E-state index contributed by atoms with van der Waals surface area (Å²) in [7, 11) is 0. The molecule has 0 fully saturated rings. The van der Waals surface area contributed by atoms with Crippen LogP contribution in [0.4, 0.5) is 0 Å². The summed E-state index contributed by atoms with van der Waals surface area (Å²) in [6.07, 6.45) is 0.686. The Hall–Kier alpha value is -0.0600. The molecule has 0 heterocycles. The van der Waals surface area contributed by atoms with Crippen molar-refractivity contribution in [3.05, 3.63) is 12.3 Å². The Morgan fingerprint density at radius 2 is 2.30 bits per heavy atom. The highest BCUT2D eigenvalue weighted by molar-refractivity contribution is 14.1. The molecule has 0 aliphatic carbocycles. The molecule has 0 aromatic carbocycles. The van der Waals surface area contributed by atoms with Crippen molar-refractivity contribution < 1.29 is 9.90 Å². The van der Waals surface area contributed by atoms with Crippen LogP contribution in [0, 0.1) is 5.92 Å². The number of aliphatic hydroxyl groups excluding tert-OH is 1. The van der Waals surface area contributed by atoms with Crippen molar-refractivity contribution in [3.8, 4) is 0 Å². The summed E-state index contributed by atoms with van der Waals surface area (Å²) in [6.45, 7) is 4.80. The molecule has 0 amide bonds. The molecule has 10 heavy (non-hydrogen) atoms. The van der Waals surface area contributed by atoms with Crippen LogP contribution in [0.25, 0.3) is 0 Å². The molecule has 3 heteroatoms.